The summed E-state index contributed by atoms with van der Waals surface area (Å²) in [6.07, 6.45) is 4.89. The van der Waals surface area contributed by atoms with Crippen molar-refractivity contribution >= 4 is 60.8 Å². The summed E-state index contributed by atoms with van der Waals surface area (Å²) in [4.78, 5) is 46.8. The maximum atomic E-state index is 13.4. The lowest BCUT2D eigenvalue weighted by atomic mass is 10.1. The normalized spacial score (nSPS) is 24.4. The summed E-state index contributed by atoms with van der Waals surface area (Å²) in [6.45, 7) is 4.94. The number of amides is 3. The number of sulfonamides is 1. The fourth-order valence-electron chi connectivity index (χ4n) is 6.22. The number of rotatable bonds is 8. The molecule has 0 unspecified atom stereocenters. The van der Waals surface area contributed by atoms with Gasteiger partial charge < -0.3 is 14.7 Å². The zero-order valence-corrected chi connectivity index (χ0v) is 25.4. The van der Waals surface area contributed by atoms with Gasteiger partial charge in [-0.1, -0.05) is 11.6 Å². The summed E-state index contributed by atoms with van der Waals surface area (Å²) in [5, 5.41) is 1.26. The van der Waals surface area contributed by atoms with Crippen LogP contribution in [0.1, 0.15) is 38.5 Å². The zero-order chi connectivity index (χ0) is 28.7. The number of halogens is 1. The summed E-state index contributed by atoms with van der Waals surface area (Å²) < 4.78 is 29.8. The molecule has 3 aliphatic heterocycles. The summed E-state index contributed by atoms with van der Waals surface area (Å²) in [7, 11) is -3.92. The minimum atomic E-state index is -3.92. The SMILES string of the molecule is O=C(C1CC1)N1CCN(C[C@@H]2CCCN2C(=O)CN2CCC[C@H](NS(=O)(=O)c3cc4cc(Cl)ccc4s3)C2=O)CC1. The topological polar surface area (TPSA) is 110 Å². The molecule has 3 amide bonds. The van der Waals surface area contributed by atoms with Crippen molar-refractivity contribution in [3.05, 3.63) is 29.3 Å². The average molecular weight is 622 g/mol. The Morgan fingerprint density at radius 3 is 2.49 bits per heavy atom. The van der Waals surface area contributed by atoms with E-state index in [4.69, 9.17) is 11.6 Å². The molecule has 0 radical (unpaired) electrons. The molecule has 2 aromatic rings. The van der Waals surface area contributed by atoms with E-state index in [2.05, 4.69) is 9.62 Å². The Labute approximate surface area is 249 Å². The summed E-state index contributed by atoms with van der Waals surface area (Å²) in [6, 6.07) is 5.96. The summed E-state index contributed by atoms with van der Waals surface area (Å²) in [5.74, 6) is 0.0907. The molecule has 0 spiro atoms. The summed E-state index contributed by atoms with van der Waals surface area (Å²) in [5.41, 5.74) is 0. The van der Waals surface area contributed by atoms with Crippen molar-refractivity contribution in [1.82, 2.24) is 24.3 Å². The van der Waals surface area contributed by atoms with E-state index in [0.29, 0.717) is 36.9 Å². The first-order valence-corrected chi connectivity index (χ1v) is 17.2. The molecule has 13 heteroatoms. The predicted octanol–water partition coefficient (Wildman–Crippen LogP) is 2.37. The zero-order valence-electron chi connectivity index (χ0n) is 23.0. The lowest BCUT2D eigenvalue weighted by molar-refractivity contribution is -0.143. The van der Waals surface area contributed by atoms with Gasteiger partial charge in [-0.3, -0.25) is 19.3 Å². The van der Waals surface area contributed by atoms with Crippen molar-refractivity contribution in [3.63, 3.8) is 0 Å². The Morgan fingerprint density at radius 2 is 1.73 bits per heavy atom. The Bertz CT molecular complexity index is 1440. The third-order valence-electron chi connectivity index (χ3n) is 8.65. The molecule has 1 N–H and O–H groups in total. The maximum absolute atomic E-state index is 13.4. The second-order valence-corrected chi connectivity index (χ2v) is 15.1. The van der Waals surface area contributed by atoms with Crippen LogP contribution in [-0.2, 0) is 24.4 Å². The van der Waals surface area contributed by atoms with Gasteiger partial charge in [0.05, 0.1) is 6.54 Å². The number of nitrogens with zero attached hydrogens (tertiary/aromatic N) is 4. The molecule has 1 aliphatic carbocycles. The van der Waals surface area contributed by atoms with Gasteiger partial charge in [-0.25, -0.2) is 8.42 Å². The molecule has 0 bridgehead atoms. The highest BCUT2D eigenvalue weighted by molar-refractivity contribution is 7.91. The van der Waals surface area contributed by atoms with Crippen LogP contribution in [0.5, 0.6) is 0 Å². The van der Waals surface area contributed by atoms with E-state index in [0.717, 1.165) is 79.8 Å². The molecule has 10 nitrogen and oxygen atoms in total. The van der Waals surface area contributed by atoms with E-state index < -0.39 is 16.1 Å². The largest absolute Gasteiger partial charge is 0.340 e. The van der Waals surface area contributed by atoms with Gasteiger partial charge in [0, 0.05) is 67.5 Å². The molecular formula is C28H36ClN5O5S2. The molecule has 1 aromatic heterocycles. The monoisotopic (exact) mass is 621 g/mol. The second kappa shape index (κ2) is 11.8. The van der Waals surface area contributed by atoms with Crippen molar-refractivity contribution in [2.24, 2.45) is 5.92 Å². The Morgan fingerprint density at radius 1 is 0.976 bits per heavy atom. The van der Waals surface area contributed by atoms with Crippen LogP contribution in [0.15, 0.2) is 28.5 Å². The minimum absolute atomic E-state index is 0.0430. The number of piperazine rings is 1. The fourth-order valence-corrected chi connectivity index (χ4v) is 9.02. The molecule has 1 aromatic carbocycles. The number of carbonyl (C=O) groups is 3. The van der Waals surface area contributed by atoms with E-state index in [1.807, 2.05) is 9.80 Å². The van der Waals surface area contributed by atoms with Gasteiger partial charge in [0.25, 0.3) is 10.0 Å². The van der Waals surface area contributed by atoms with Crippen LogP contribution in [0.3, 0.4) is 0 Å². The lowest BCUT2D eigenvalue weighted by Gasteiger charge is -2.38. The van der Waals surface area contributed by atoms with Gasteiger partial charge in [-0.2, -0.15) is 4.72 Å². The number of hydrogen-bond donors (Lipinski definition) is 1. The molecule has 41 heavy (non-hydrogen) atoms. The molecule has 222 valence electrons. The van der Waals surface area contributed by atoms with E-state index in [9.17, 15) is 22.8 Å². The van der Waals surface area contributed by atoms with Crippen LogP contribution in [0, 0.1) is 5.92 Å². The van der Waals surface area contributed by atoms with Crippen LogP contribution >= 0.6 is 22.9 Å². The van der Waals surface area contributed by atoms with E-state index in [1.165, 1.54) is 4.90 Å². The Hall–Kier alpha value is -2.25. The van der Waals surface area contributed by atoms with Crippen molar-refractivity contribution < 1.29 is 22.8 Å². The van der Waals surface area contributed by atoms with Gasteiger partial charge in [0.1, 0.15) is 10.3 Å². The smallest absolute Gasteiger partial charge is 0.250 e. The Kier molecular flexibility index (Phi) is 8.30. The number of piperidine rings is 1. The Balaban J connectivity index is 1.03. The van der Waals surface area contributed by atoms with Crippen LogP contribution in [0.25, 0.3) is 10.1 Å². The van der Waals surface area contributed by atoms with Crippen LogP contribution in [0.4, 0.5) is 0 Å². The van der Waals surface area contributed by atoms with Crippen molar-refractivity contribution in [2.75, 3.05) is 52.4 Å². The highest BCUT2D eigenvalue weighted by Gasteiger charge is 2.38. The minimum Gasteiger partial charge on any atom is -0.340 e. The first kappa shape index (κ1) is 28.9. The number of likely N-dealkylation sites (tertiary alicyclic amines) is 2. The molecule has 4 aliphatic rings. The number of hydrogen-bond acceptors (Lipinski definition) is 7. The van der Waals surface area contributed by atoms with Gasteiger partial charge in [-0.15, -0.1) is 11.3 Å². The molecule has 2 atom stereocenters. The van der Waals surface area contributed by atoms with Gasteiger partial charge >= 0.3 is 0 Å². The van der Waals surface area contributed by atoms with Crippen LogP contribution in [-0.4, -0.2) is 110 Å². The highest BCUT2D eigenvalue weighted by atomic mass is 35.5. The number of benzene rings is 1. The van der Waals surface area contributed by atoms with Crippen LogP contribution < -0.4 is 4.72 Å². The molecule has 3 saturated heterocycles. The first-order chi connectivity index (χ1) is 19.7. The molecule has 4 heterocycles. The van der Waals surface area contributed by atoms with Gasteiger partial charge in [0.2, 0.25) is 17.7 Å². The quantitative estimate of drug-likeness (QED) is 0.485. The average Bonchev–Trinajstić information content (AvgIpc) is 3.54. The fraction of sp³-hybridized carbons (Fsp3) is 0.607. The van der Waals surface area contributed by atoms with E-state index in [-0.39, 0.29) is 34.5 Å². The summed E-state index contributed by atoms with van der Waals surface area (Å²) >= 11 is 7.18. The standard InChI is InChI=1S/C28H36ClN5O5S2/c29-21-7-8-24-20(15-21)16-26(40-24)41(38,39)30-23-4-2-9-33(28(23)37)18-25(35)34-10-1-3-22(34)17-31-11-13-32(14-12-31)27(36)19-5-6-19/h7-8,15-16,19,22-23,30H,1-6,9-14,17-18H2/t22-,23-/m0/s1. The third-order valence-corrected chi connectivity index (χ3v) is 11.9. The third kappa shape index (κ3) is 6.41. The van der Waals surface area contributed by atoms with Crippen molar-refractivity contribution in [2.45, 2.75) is 54.8 Å². The number of thiophene rings is 1. The van der Waals surface area contributed by atoms with Crippen molar-refractivity contribution in [3.8, 4) is 0 Å². The maximum Gasteiger partial charge on any atom is 0.250 e. The molecule has 6 rings (SSSR count). The first-order valence-electron chi connectivity index (χ1n) is 14.5. The van der Waals surface area contributed by atoms with E-state index >= 15 is 0 Å². The number of carbonyl (C=O) groups excluding carboxylic acids is 3. The van der Waals surface area contributed by atoms with Gasteiger partial charge in [0.15, 0.2) is 0 Å². The predicted molar refractivity (Wildman–Crippen MR) is 157 cm³/mol. The highest BCUT2D eigenvalue weighted by Crippen LogP contribution is 2.32. The van der Waals surface area contributed by atoms with Crippen molar-refractivity contribution in [1.29, 1.82) is 0 Å². The molecular weight excluding hydrogens is 586 g/mol. The number of nitrogens with one attached hydrogen (secondary N) is 1. The van der Waals surface area contributed by atoms with E-state index in [1.54, 1.807) is 24.3 Å². The van der Waals surface area contributed by atoms with Crippen LogP contribution in [0.2, 0.25) is 5.02 Å². The second-order valence-electron chi connectivity index (χ2n) is 11.6. The molecule has 1 saturated carbocycles. The number of fused-ring (bicyclic) bond motifs is 1. The molecule has 4 fully saturated rings. The van der Waals surface area contributed by atoms with Gasteiger partial charge in [-0.05, 0) is 68.2 Å². The lowest BCUT2D eigenvalue weighted by Crippen LogP contribution is -2.56.